The first-order valence-electron chi connectivity index (χ1n) is 9.44. The smallest absolute Gasteiger partial charge is 0.238 e. The summed E-state index contributed by atoms with van der Waals surface area (Å²) in [5.41, 5.74) is 4.72. The van der Waals surface area contributed by atoms with E-state index in [-0.39, 0.29) is 5.91 Å². The number of hydrogen-bond donors (Lipinski definition) is 1. The summed E-state index contributed by atoms with van der Waals surface area (Å²) < 4.78 is 5.12. The molecule has 1 fully saturated rings. The number of aryl methyl sites for hydroxylation is 3. The lowest BCUT2D eigenvalue weighted by molar-refractivity contribution is -0.117. The second kappa shape index (κ2) is 7.60. The first kappa shape index (κ1) is 17.2. The van der Waals surface area contributed by atoms with Crippen LogP contribution in [0, 0.1) is 6.92 Å². The lowest BCUT2D eigenvalue weighted by Gasteiger charge is -2.33. The van der Waals surface area contributed by atoms with Gasteiger partial charge in [-0.25, -0.2) is 0 Å². The highest BCUT2D eigenvalue weighted by atomic mass is 16.5. The van der Waals surface area contributed by atoms with E-state index in [0.29, 0.717) is 6.54 Å². The molecule has 6 heteroatoms. The molecule has 0 spiro atoms. The van der Waals surface area contributed by atoms with Gasteiger partial charge in [-0.2, -0.15) is 0 Å². The van der Waals surface area contributed by atoms with Crippen LogP contribution in [-0.4, -0.2) is 53.6 Å². The number of nitrogens with zero attached hydrogens (tertiary/aromatic N) is 3. The van der Waals surface area contributed by atoms with Gasteiger partial charge < -0.3 is 9.84 Å². The highest BCUT2D eigenvalue weighted by Crippen LogP contribution is 2.24. The minimum Gasteiger partial charge on any atom is -0.361 e. The van der Waals surface area contributed by atoms with Gasteiger partial charge in [-0.1, -0.05) is 11.2 Å². The van der Waals surface area contributed by atoms with Gasteiger partial charge in [0.05, 0.1) is 12.2 Å². The first-order chi connectivity index (χ1) is 12.7. The van der Waals surface area contributed by atoms with E-state index in [0.717, 1.165) is 56.3 Å². The van der Waals surface area contributed by atoms with Gasteiger partial charge in [0.25, 0.3) is 0 Å². The molecular formula is C20H26N4O2. The van der Waals surface area contributed by atoms with Crippen LogP contribution in [-0.2, 0) is 24.2 Å². The van der Waals surface area contributed by atoms with Gasteiger partial charge in [-0.3, -0.25) is 14.6 Å². The third-order valence-corrected chi connectivity index (χ3v) is 5.28. The van der Waals surface area contributed by atoms with E-state index < -0.39 is 0 Å². The van der Waals surface area contributed by atoms with Crippen LogP contribution in [0.5, 0.6) is 0 Å². The minimum absolute atomic E-state index is 0.0727. The summed E-state index contributed by atoms with van der Waals surface area (Å²) >= 11 is 0. The number of nitrogens with one attached hydrogen (secondary N) is 1. The van der Waals surface area contributed by atoms with E-state index >= 15 is 0 Å². The topological polar surface area (TPSA) is 61.6 Å². The van der Waals surface area contributed by atoms with E-state index in [1.165, 1.54) is 24.0 Å². The van der Waals surface area contributed by atoms with Gasteiger partial charge in [0, 0.05) is 44.5 Å². The fourth-order valence-corrected chi connectivity index (χ4v) is 3.88. The molecule has 1 aromatic heterocycles. The Morgan fingerprint density at radius 1 is 1.12 bits per heavy atom. The Labute approximate surface area is 154 Å². The zero-order valence-corrected chi connectivity index (χ0v) is 15.3. The normalized spacial score (nSPS) is 18.0. The number of carbonyl (C=O) groups excluding carboxylic acids is 1. The molecule has 1 saturated heterocycles. The summed E-state index contributed by atoms with van der Waals surface area (Å²) in [7, 11) is 0. The second-order valence-electron chi connectivity index (χ2n) is 7.37. The van der Waals surface area contributed by atoms with Crippen molar-refractivity contribution in [1.82, 2.24) is 15.0 Å². The lowest BCUT2D eigenvalue weighted by atomic mass is 10.1. The molecule has 6 nitrogen and oxygen atoms in total. The first-order valence-corrected chi connectivity index (χ1v) is 9.44. The summed E-state index contributed by atoms with van der Waals surface area (Å²) in [6.07, 6.45) is 3.53. The van der Waals surface area contributed by atoms with Gasteiger partial charge in [0.15, 0.2) is 0 Å². The molecule has 0 bridgehead atoms. The molecule has 26 heavy (non-hydrogen) atoms. The zero-order valence-electron chi connectivity index (χ0n) is 15.3. The largest absolute Gasteiger partial charge is 0.361 e. The molecule has 1 aliphatic heterocycles. The van der Waals surface area contributed by atoms with Crippen molar-refractivity contribution in [3.8, 4) is 0 Å². The van der Waals surface area contributed by atoms with Crippen LogP contribution >= 0.6 is 0 Å². The molecule has 2 heterocycles. The number of hydrogen-bond acceptors (Lipinski definition) is 5. The van der Waals surface area contributed by atoms with Crippen LogP contribution < -0.4 is 5.32 Å². The third-order valence-electron chi connectivity index (χ3n) is 5.28. The molecule has 0 radical (unpaired) electrons. The maximum Gasteiger partial charge on any atom is 0.238 e. The predicted molar refractivity (Wildman–Crippen MR) is 100 cm³/mol. The van der Waals surface area contributed by atoms with Crippen molar-refractivity contribution in [2.24, 2.45) is 0 Å². The van der Waals surface area contributed by atoms with Crippen molar-refractivity contribution in [2.75, 3.05) is 38.0 Å². The fourth-order valence-electron chi connectivity index (χ4n) is 3.88. The van der Waals surface area contributed by atoms with E-state index in [1.807, 2.05) is 19.1 Å². The Balaban J connectivity index is 1.23. The Morgan fingerprint density at radius 2 is 1.88 bits per heavy atom. The molecule has 0 unspecified atom stereocenters. The number of benzene rings is 1. The number of aromatic nitrogens is 1. The Kier molecular flexibility index (Phi) is 5.04. The van der Waals surface area contributed by atoms with Gasteiger partial charge in [0.2, 0.25) is 5.91 Å². The van der Waals surface area contributed by atoms with Crippen molar-refractivity contribution in [1.29, 1.82) is 0 Å². The van der Waals surface area contributed by atoms with Crippen LogP contribution in [0.1, 0.15) is 29.0 Å². The van der Waals surface area contributed by atoms with Gasteiger partial charge in [-0.05, 0) is 49.4 Å². The maximum absolute atomic E-state index is 12.4. The summed E-state index contributed by atoms with van der Waals surface area (Å²) in [4.78, 5) is 16.9. The van der Waals surface area contributed by atoms with Crippen molar-refractivity contribution in [3.63, 3.8) is 0 Å². The van der Waals surface area contributed by atoms with Crippen LogP contribution in [0.3, 0.4) is 0 Å². The molecule has 4 rings (SSSR count). The van der Waals surface area contributed by atoms with E-state index in [9.17, 15) is 4.79 Å². The van der Waals surface area contributed by atoms with Crippen molar-refractivity contribution in [3.05, 3.63) is 46.8 Å². The summed E-state index contributed by atoms with van der Waals surface area (Å²) in [6, 6.07) is 8.30. The molecule has 0 saturated carbocycles. The number of amides is 1. The van der Waals surface area contributed by atoms with Crippen molar-refractivity contribution in [2.45, 2.75) is 32.7 Å². The Morgan fingerprint density at radius 3 is 2.65 bits per heavy atom. The molecule has 2 aliphatic rings. The number of fused-ring (bicyclic) bond motifs is 1. The predicted octanol–water partition coefficient (Wildman–Crippen LogP) is 2.23. The molecule has 1 aliphatic carbocycles. The fraction of sp³-hybridized carbons (Fsp3) is 0.500. The monoisotopic (exact) mass is 354 g/mol. The quantitative estimate of drug-likeness (QED) is 0.892. The van der Waals surface area contributed by atoms with Gasteiger partial charge in [-0.15, -0.1) is 0 Å². The molecule has 2 aromatic rings. The van der Waals surface area contributed by atoms with Crippen LogP contribution in [0.2, 0.25) is 0 Å². The zero-order chi connectivity index (χ0) is 17.9. The number of piperazine rings is 1. The second-order valence-corrected chi connectivity index (χ2v) is 7.37. The molecule has 138 valence electrons. The maximum atomic E-state index is 12.4. The van der Waals surface area contributed by atoms with Crippen molar-refractivity contribution < 1.29 is 9.32 Å². The average Bonchev–Trinajstić information content (AvgIpc) is 3.25. The summed E-state index contributed by atoms with van der Waals surface area (Å²) in [5.74, 6) is 0.922. The average molecular weight is 354 g/mol. The minimum atomic E-state index is 0.0727. The molecule has 0 atom stereocenters. The van der Waals surface area contributed by atoms with Crippen LogP contribution in [0.15, 0.2) is 28.8 Å². The standard InChI is InChI=1S/C20H26N4O2/c1-15-11-19(22-26-15)13-23-7-9-24(10-8-23)14-20(25)21-18-6-5-16-3-2-4-17(16)12-18/h5-6,11-12H,2-4,7-10,13-14H2,1H3,(H,21,25). The van der Waals surface area contributed by atoms with Crippen molar-refractivity contribution >= 4 is 11.6 Å². The Hall–Kier alpha value is -2.18. The van der Waals surface area contributed by atoms with Crippen LogP contribution in [0.25, 0.3) is 0 Å². The summed E-state index contributed by atoms with van der Waals surface area (Å²) in [6.45, 7) is 6.85. The summed E-state index contributed by atoms with van der Waals surface area (Å²) in [5, 5.41) is 7.11. The number of rotatable bonds is 5. The van der Waals surface area contributed by atoms with Gasteiger partial charge >= 0.3 is 0 Å². The highest BCUT2D eigenvalue weighted by molar-refractivity contribution is 5.92. The molecule has 1 amide bonds. The van der Waals surface area contributed by atoms with Crippen LogP contribution in [0.4, 0.5) is 5.69 Å². The molecular weight excluding hydrogens is 328 g/mol. The molecule has 1 aromatic carbocycles. The third kappa shape index (κ3) is 4.14. The number of carbonyl (C=O) groups is 1. The van der Waals surface area contributed by atoms with E-state index in [1.54, 1.807) is 0 Å². The molecule has 1 N–H and O–H groups in total. The number of anilines is 1. The highest BCUT2D eigenvalue weighted by Gasteiger charge is 2.20. The Bertz CT molecular complexity index is 778. The van der Waals surface area contributed by atoms with E-state index in [4.69, 9.17) is 4.52 Å². The SMILES string of the molecule is Cc1cc(CN2CCN(CC(=O)Nc3ccc4c(c3)CCC4)CC2)no1. The van der Waals surface area contributed by atoms with Gasteiger partial charge in [0.1, 0.15) is 5.76 Å². The van der Waals surface area contributed by atoms with E-state index in [2.05, 4.69) is 32.4 Å². The lowest BCUT2D eigenvalue weighted by Crippen LogP contribution is -2.48.